The topological polar surface area (TPSA) is 70.8 Å². The van der Waals surface area contributed by atoms with Crippen molar-refractivity contribution in [3.63, 3.8) is 0 Å². The molecule has 1 aromatic carbocycles. The van der Waals surface area contributed by atoms with Gasteiger partial charge in [-0.05, 0) is 25.1 Å². The van der Waals surface area contributed by atoms with Gasteiger partial charge >= 0.3 is 5.97 Å². The van der Waals surface area contributed by atoms with E-state index >= 15 is 0 Å². The monoisotopic (exact) mass is 277 g/mol. The Balaban J connectivity index is 2.05. The SMILES string of the molecule is COc1ccc(C(=O)OCc2cc(C)no2)cc1OC. The Bertz CT molecular complexity index is 605. The molecular weight excluding hydrogens is 262 g/mol. The second-order valence-electron chi connectivity index (χ2n) is 4.08. The van der Waals surface area contributed by atoms with Crippen molar-refractivity contribution in [2.24, 2.45) is 0 Å². The molecular formula is C14H15NO5. The Morgan fingerprint density at radius 2 is 1.95 bits per heavy atom. The molecule has 0 unspecified atom stereocenters. The summed E-state index contributed by atoms with van der Waals surface area (Å²) in [5.74, 6) is 1.05. The van der Waals surface area contributed by atoms with Crippen LogP contribution in [0.25, 0.3) is 0 Å². The number of aryl methyl sites for hydroxylation is 1. The highest BCUT2D eigenvalue weighted by atomic mass is 16.5. The summed E-state index contributed by atoms with van der Waals surface area (Å²) in [6.45, 7) is 1.83. The molecule has 0 aliphatic heterocycles. The van der Waals surface area contributed by atoms with Crippen LogP contribution in [-0.2, 0) is 11.3 Å². The van der Waals surface area contributed by atoms with Crippen LogP contribution in [0.15, 0.2) is 28.8 Å². The van der Waals surface area contributed by atoms with Crippen LogP contribution in [0.5, 0.6) is 11.5 Å². The highest BCUT2D eigenvalue weighted by molar-refractivity contribution is 5.90. The number of carbonyl (C=O) groups excluding carboxylic acids is 1. The quantitative estimate of drug-likeness (QED) is 0.781. The van der Waals surface area contributed by atoms with Crippen molar-refractivity contribution in [3.8, 4) is 11.5 Å². The number of methoxy groups -OCH3 is 2. The predicted molar refractivity (Wildman–Crippen MR) is 69.9 cm³/mol. The van der Waals surface area contributed by atoms with Crippen molar-refractivity contribution < 1.29 is 23.5 Å². The largest absolute Gasteiger partial charge is 0.493 e. The van der Waals surface area contributed by atoms with Gasteiger partial charge in [0.15, 0.2) is 23.9 Å². The van der Waals surface area contributed by atoms with Gasteiger partial charge in [-0.3, -0.25) is 0 Å². The molecule has 2 rings (SSSR count). The molecule has 106 valence electrons. The van der Waals surface area contributed by atoms with Crippen LogP contribution in [0, 0.1) is 6.92 Å². The zero-order valence-corrected chi connectivity index (χ0v) is 11.5. The number of ether oxygens (including phenoxy) is 3. The zero-order valence-electron chi connectivity index (χ0n) is 11.5. The molecule has 0 N–H and O–H groups in total. The summed E-state index contributed by atoms with van der Waals surface area (Å²) in [5.41, 5.74) is 1.11. The zero-order chi connectivity index (χ0) is 14.5. The first kappa shape index (κ1) is 13.9. The van der Waals surface area contributed by atoms with Gasteiger partial charge in [-0.15, -0.1) is 0 Å². The minimum Gasteiger partial charge on any atom is -0.493 e. The van der Waals surface area contributed by atoms with E-state index in [9.17, 15) is 4.79 Å². The van der Waals surface area contributed by atoms with Crippen molar-refractivity contribution in [1.29, 1.82) is 0 Å². The van der Waals surface area contributed by atoms with E-state index in [1.807, 2.05) is 0 Å². The van der Waals surface area contributed by atoms with E-state index in [-0.39, 0.29) is 6.61 Å². The lowest BCUT2D eigenvalue weighted by atomic mass is 10.2. The molecule has 0 atom stereocenters. The number of benzene rings is 1. The molecule has 6 nitrogen and oxygen atoms in total. The van der Waals surface area contributed by atoms with E-state index in [0.717, 1.165) is 5.69 Å². The fourth-order valence-electron chi connectivity index (χ4n) is 1.67. The van der Waals surface area contributed by atoms with Crippen LogP contribution in [0.4, 0.5) is 0 Å². The lowest BCUT2D eigenvalue weighted by Gasteiger charge is -2.09. The number of hydrogen-bond acceptors (Lipinski definition) is 6. The van der Waals surface area contributed by atoms with Gasteiger partial charge in [0.2, 0.25) is 0 Å². The van der Waals surface area contributed by atoms with Gasteiger partial charge in [-0.1, -0.05) is 5.16 Å². The fraction of sp³-hybridized carbons (Fsp3) is 0.286. The van der Waals surface area contributed by atoms with Crippen LogP contribution in [0.1, 0.15) is 21.8 Å². The Morgan fingerprint density at radius 1 is 1.20 bits per heavy atom. The molecule has 1 heterocycles. The molecule has 20 heavy (non-hydrogen) atoms. The van der Waals surface area contributed by atoms with Crippen LogP contribution in [0.2, 0.25) is 0 Å². The van der Waals surface area contributed by atoms with Gasteiger partial charge < -0.3 is 18.7 Å². The minimum absolute atomic E-state index is 0.0357. The summed E-state index contributed by atoms with van der Waals surface area (Å²) in [4.78, 5) is 11.9. The molecule has 1 aromatic heterocycles. The molecule has 0 saturated carbocycles. The van der Waals surface area contributed by atoms with E-state index in [2.05, 4.69) is 5.16 Å². The molecule has 0 saturated heterocycles. The number of aromatic nitrogens is 1. The van der Waals surface area contributed by atoms with E-state index < -0.39 is 5.97 Å². The van der Waals surface area contributed by atoms with Crippen LogP contribution in [0.3, 0.4) is 0 Å². The average molecular weight is 277 g/mol. The van der Waals surface area contributed by atoms with Gasteiger partial charge in [0.1, 0.15) is 0 Å². The third kappa shape index (κ3) is 3.09. The molecule has 0 aliphatic carbocycles. The van der Waals surface area contributed by atoms with Gasteiger partial charge in [0.05, 0.1) is 25.5 Å². The maximum absolute atomic E-state index is 11.9. The van der Waals surface area contributed by atoms with Gasteiger partial charge in [0, 0.05) is 6.07 Å². The van der Waals surface area contributed by atoms with Crippen LogP contribution in [-0.4, -0.2) is 25.3 Å². The van der Waals surface area contributed by atoms with E-state index in [0.29, 0.717) is 22.8 Å². The molecule has 6 heteroatoms. The number of carbonyl (C=O) groups is 1. The first-order valence-electron chi connectivity index (χ1n) is 5.95. The standard InChI is InChI=1S/C14H15NO5/c1-9-6-11(20-15-9)8-19-14(16)10-4-5-12(17-2)13(7-10)18-3/h4-7H,8H2,1-3H3. The number of rotatable bonds is 5. The first-order valence-corrected chi connectivity index (χ1v) is 5.95. The first-order chi connectivity index (χ1) is 9.63. The van der Waals surface area contributed by atoms with Gasteiger partial charge in [0.25, 0.3) is 0 Å². The maximum atomic E-state index is 11.9. The van der Waals surface area contributed by atoms with Gasteiger partial charge in [-0.2, -0.15) is 0 Å². The smallest absolute Gasteiger partial charge is 0.338 e. The molecule has 0 radical (unpaired) electrons. The third-order valence-corrected chi connectivity index (χ3v) is 2.64. The van der Waals surface area contributed by atoms with Gasteiger partial charge in [-0.25, -0.2) is 4.79 Å². The Hall–Kier alpha value is -2.50. The average Bonchev–Trinajstić information content (AvgIpc) is 2.89. The number of esters is 1. The molecule has 0 fully saturated rings. The summed E-state index contributed by atoms with van der Waals surface area (Å²) in [5, 5.41) is 3.71. The Labute approximate surface area is 116 Å². The Kier molecular flexibility index (Phi) is 4.24. The second kappa shape index (κ2) is 6.10. The van der Waals surface area contributed by atoms with E-state index in [1.54, 1.807) is 31.2 Å². The maximum Gasteiger partial charge on any atom is 0.338 e. The Morgan fingerprint density at radius 3 is 2.55 bits per heavy atom. The number of hydrogen-bond donors (Lipinski definition) is 0. The molecule has 0 amide bonds. The lowest BCUT2D eigenvalue weighted by molar-refractivity contribution is 0.0437. The van der Waals surface area contributed by atoms with Crippen molar-refractivity contribution in [2.45, 2.75) is 13.5 Å². The highest BCUT2D eigenvalue weighted by Gasteiger charge is 2.13. The normalized spacial score (nSPS) is 10.2. The minimum atomic E-state index is -0.472. The van der Waals surface area contributed by atoms with Crippen molar-refractivity contribution in [3.05, 3.63) is 41.3 Å². The summed E-state index contributed by atoms with van der Waals surface area (Å²) >= 11 is 0. The molecule has 0 aliphatic rings. The molecule has 0 spiro atoms. The summed E-state index contributed by atoms with van der Waals surface area (Å²) in [6, 6.07) is 6.53. The lowest BCUT2D eigenvalue weighted by Crippen LogP contribution is -2.05. The highest BCUT2D eigenvalue weighted by Crippen LogP contribution is 2.27. The summed E-state index contributed by atoms with van der Waals surface area (Å²) in [7, 11) is 3.03. The van der Waals surface area contributed by atoms with Crippen molar-refractivity contribution in [2.75, 3.05) is 14.2 Å². The fourth-order valence-corrected chi connectivity index (χ4v) is 1.67. The summed E-state index contributed by atoms with van der Waals surface area (Å²) in [6.07, 6.45) is 0. The van der Waals surface area contributed by atoms with Crippen molar-refractivity contribution >= 4 is 5.97 Å². The second-order valence-corrected chi connectivity index (χ2v) is 4.08. The van der Waals surface area contributed by atoms with E-state index in [4.69, 9.17) is 18.7 Å². The van der Waals surface area contributed by atoms with Crippen LogP contribution >= 0.6 is 0 Å². The number of nitrogens with zero attached hydrogens (tertiary/aromatic N) is 1. The van der Waals surface area contributed by atoms with Crippen molar-refractivity contribution in [1.82, 2.24) is 5.16 Å². The molecule has 2 aromatic rings. The summed E-state index contributed by atoms with van der Waals surface area (Å²) < 4.78 is 20.3. The predicted octanol–water partition coefficient (Wildman–Crippen LogP) is 2.36. The third-order valence-electron chi connectivity index (χ3n) is 2.64. The molecule has 0 bridgehead atoms. The van der Waals surface area contributed by atoms with Crippen LogP contribution < -0.4 is 9.47 Å². The van der Waals surface area contributed by atoms with E-state index in [1.165, 1.54) is 14.2 Å².